The number of thiophene rings is 1. The van der Waals surface area contributed by atoms with Crippen molar-refractivity contribution >= 4 is 29.7 Å². The van der Waals surface area contributed by atoms with Crippen molar-refractivity contribution in [1.82, 2.24) is 10.2 Å². The number of nitrogens with zero attached hydrogens (tertiary/aromatic N) is 1. The molecule has 1 amide bonds. The number of hydrogen-bond acceptors (Lipinski definition) is 4. The van der Waals surface area contributed by atoms with Gasteiger partial charge in [-0.25, -0.2) is 0 Å². The van der Waals surface area contributed by atoms with Gasteiger partial charge in [0.15, 0.2) is 0 Å². The van der Waals surface area contributed by atoms with Crippen LogP contribution in [-0.4, -0.2) is 42.6 Å². The van der Waals surface area contributed by atoms with Gasteiger partial charge in [0.2, 0.25) is 0 Å². The molecule has 26 heavy (non-hydrogen) atoms. The Morgan fingerprint density at radius 1 is 1.38 bits per heavy atom. The van der Waals surface area contributed by atoms with Gasteiger partial charge in [0.05, 0.1) is 0 Å². The van der Waals surface area contributed by atoms with Crippen molar-refractivity contribution in [2.75, 3.05) is 19.7 Å². The predicted octanol–water partition coefficient (Wildman–Crippen LogP) is 4.09. The van der Waals surface area contributed by atoms with Gasteiger partial charge in [-0.2, -0.15) is 11.3 Å². The lowest BCUT2D eigenvalue weighted by molar-refractivity contribution is -0.144. The highest BCUT2D eigenvalue weighted by Gasteiger charge is 2.58. The van der Waals surface area contributed by atoms with Gasteiger partial charge < -0.3 is 15.0 Å². The number of rotatable bonds is 8. The van der Waals surface area contributed by atoms with Crippen LogP contribution in [0.15, 0.2) is 16.8 Å². The molecule has 1 spiro atoms. The molecule has 4 nitrogen and oxygen atoms in total. The van der Waals surface area contributed by atoms with E-state index in [-0.39, 0.29) is 24.4 Å². The van der Waals surface area contributed by atoms with Gasteiger partial charge in [0.1, 0.15) is 6.10 Å². The molecule has 2 aliphatic rings. The molecule has 1 aromatic rings. The highest BCUT2D eigenvalue weighted by Crippen LogP contribution is 2.56. The van der Waals surface area contributed by atoms with Gasteiger partial charge in [0, 0.05) is 19.2 Å². The smallest absolute Gasteiger partial charge is 0.251 e. The standard InChI is InChI=1S/C20H32N2O2S.ClH/c1-15(2)4-10-24-16(3)19(23)22(13-17-5-11-25-14-17)18-12-20(18)6-8-21-9-7-20;/h5,11,14-16,18,21H,4,6-10,12-13H2,1-3H3;1H. The highest BCUT2D eigenvalue weighted by molar-refractivity contribution is 7.07. The molecule has 0 bridgehead atoms. The lowest BCUT2D eigenvalue weighted by Gasteiger charge is -2.31. The van der Waals surface area contributed by atoms with Crippen LogP contribution in [0.2, 0.25) is 0 Å². The third kappa shape index (κ3) is 5.22. The topological polar surface area (TPSA) is 41.6 Å². The van der Waals surface area contributed by atoms with E-state index in [0.717, 1.165) is 32.5 Å². The lowest BCUT2D eigenvalue weighted by Crippen LogP contribution is -2.43. The second-order valence-corrected chi connectivity index (χ2v) is 8.91. The van der Waals surface area contributed by atoms with Crippen molar-refractivity contribution in [3.05, 3.63) is 22.4 Å². The van der Waals surface area contributed by atoms with Crippen molar-refractivity contribution in [3.63, 3.8) is 0 Å². The number of ether oxygens (including phenoxy) is 1. The number of carbonyl (C=O) groups is 1. The summed E-state index contributed by atoms with van der Waals surface area (Å²) in [4.78, 5) is 15.3. The number of hydrogen-bond donors (Lipinski definition) is 1. The first kappa shape index (κ1) is 21.7. The summed E-state index contributed by atoms with van der Waals surface area (Å²) in [5.41, 5.74) is 1.60. The molecule has 1 N–H and O–H groups in total. The summed E-state index contributed by atoms with van der Waals surface area (Å²) in [6, 6.07) is 2.52. The minimum absolute atomic E-state index is 0. The van der Waals surface area contributed by atoms with E-state index in [2.05, 4.69) is 40.9 Å². The minimum atomic E-state index is -0.350. The van der Waals surface area contributed by atoms with Crippen molar-refractivity contribution in [2.45, 2.75) is 65.1 Å². The molecule has 0 radical (unpaired) electrons. The molecule has 2 unspecified atom stereocenters. The first-order chi connectivity index (χ1) is 12.0. The average molecular weight is 401 g/mol. The maximum absolute atomic E-state index is 13.1. The van der Waals surface area contributed by atoms with Crippen LogP contribution < -0.4 is 5.32 Å². The van der Waals surface area contributed by atoms with E-state index in [0.29, 0.717) is 24.0 Å². The molecular weight excluding hydrogens is 368 g/mol. The van der Waals surface area contributed by atoms with E-state index in [1.54, 1.807) is 11.3 Å². The largest absolute Gasteiger partial charge is 0.369 e. The van der Waals surface area contributed by atoms with Crippen molar-refractivity contribution in [3.8, 4) is 0 Å². The zero-order valence-electron chi connectivity index (χ0n) is 16.2. The van der Waals surface area contributed by atoms with Gasteiger partial charge in [-0.1, -0.05) is 13.8 Å². The summed E-state index contributed by atoms with van der Waals surface area (Å²) in [6.45, 7) is 9.83. The summed E-state index contributed by atoms with van der Waals surface area (Å²) in [6.07, 6.45) is 4.18. The summed E-state index contributed by atoms with van der Waals surface area (Å²) in [7, 11) is 0. The molecular formula is C20H33ClN2O2S. The Balaban J connectivity index is 0.00000243. The van der Waals surface area contributed by atoms with E-state index in [1.165, 1.54) is 18.4 Å². The number of amides is 1. The first-order valence-electron chi connectivity index (χ1n) is 9.66. The van der Waals surface area contributed by atoms with Gasteiger partial charge in [-0.15, -0.1) is 12.4 Å². The van der Waals surface area contributed by atoms with Crippen LogP contribution in [0.1, 0.15) is 52.0 Å². The van der Waals surface area contributed by atoms with Crippen molar-refractivity contribution in [2.24, 2.45) is 11.3 Å². The molecule has 1 aliphatic heterocycles. The molecule has 6 heteroatoms. The zero-order valence-corrected chi connectivity index (χ0v) is 17.8. The summed E-state index contributed by atoms with van der Waals surface area (Å²) < 4.78 is 5.87. The van der Waals surface area contributed by atoms with Crippen LogP contribution in [0.5, 0.6) is 0 Å². The molecule has 148 valence electrons. The van der Waals surface area contributed by atoms with Crippen molar-refractivity contribution in [1.29, 1.82) is 0 Å². The Hall–Kier alpha value is -0.620. The molecule has 1 saturated carbocycles. The normalized spacial score (nSPS) is 22.1. The molecule has 1 aromatic heterocycles. The highest BCUT2D eigenvalue weighted by atomic mass is 35.5. The van der Waals surface area contributed by atoms with Gasteiger partial charge in [-0.05, 0) is 79.4 Å². The number of halogens is 1. The summed E-state index contributed by atoms with van der Waals surface area (Å²) >= 11 is 1.70. The number of piperidine rings is 1. The maximum atomic E-state index is 13.1. The zero-order chi connectivity index (χ0) is 17.9. The quantitative estimate of drug-likeness (QED) is 0.714. The second kappa shape index (κ2) is 9.54. The fourth-order valence-corrected chi connectivity index (χ4v) is 4.60. The number of carbonyl (C=O) groups excluding carboxylic acids is 1. The van der Waals surface area contributed by atoms with Crippen LogP contribution in [-0.2, 0) is 16.1 Å². The monoisotopic (exact) mass is 400 g/mol. The van der Waals surface area contributed by atoms with Crippen LogP contribution in [0.3, 0.4) is 0 Å². The fourth-order valence-electron chi connectivity index (χ4n) is 3.94. The predicted molar refractivity (Wildman–Crippen MR) is 110 cm³/mol. The van der Waals surface area contributed by atoms with E-state index in [1.807, 2.05) is 6.92 Å². The van der Waals surface area contributed by atoms with E-state index >= 15 is 0 Å². The molecule has 1 saturated heterocycles. The van der Waals surface area contributed by atoms with E-state index < -0.39 is 0 Å². The summed E-state index contributed by atoms with van der Waals surface area (Å²) in [5.74, 6) is 0.765. The SMILES string of the molecule is CC(C)CCOC(C)C(=O)N(Cc1ccsc1)C1CC12CCNCC2.Cl. The molecule has 1 aliphatic carbocycles. The molecule has 3 rings (SSSR count). The van der Waals surface area contributed by atoms with Gasteiger partial charge in [-0.3, -0.25) is 4.79 Å². The minimum Gasteiger partial charge on any atom is -0.369 e. The van der Waals surface area contributed by atoms with Gasteiger partial charge >= 0.3 is 0 Å². The third-order valence-electron chi connectivity index (χ3n) is 5.75. The fraction of sp³-hybridized carbons (Fsp3) is 0.750. The van der Waals surface area contributed by atoms with Crippen molar-refractivity contribution < 1.29 is 9.53 Å². The third-order valence-corrected chi connectivity index (χ3v) is 6.48. The van der Waals surface area contributed by atoms with Gasteiger partial charge in [0.25, 0.3) is 5.91 Å². The average Bonchev–Trinajstić information content (AvgIpc) is 3.03. The van der Waals surface area contributed by atoms with Crippen LogP contribution in [0.4, 0.5) is 0 Å². The molecule has 0 aromatic carbocycles. The van der Waals surface area contributed by atoms with Crippen LogP contribution in [0.25, 0.3) is 0 Å². The van der Waals surface area contributed by atoms with E-state index in [4.69, 9.17) is 4.74 Å². The van der Waals surface area contributed by atoms with Crippen LogP contribution >= 0.6 is 23.7 Å². The Labute approximate surface area is 168 Å². The number of nitrogens with one attached hydrogen (secondary N) is 1. The maximum Gasteiger partial charge on any atom is 0.251 e. The molecule has 2 fully saturated rings. The first-order valence-corrected chi connectivity index (χ1v) is 10.6. The van der Waals surface area contributed by atoms with Crippen LogP contribution in [0, 0.1) is 11.3 Å². The van der Waals surface area contributed by atoms with E-state index in [9.17, 15) is 4.79 Å². The molecule has 2 atom stereocenters. The Morgan fingerprint density at radius 2 is 2.12 bits per heavy atom. The Morgan fingerprint density at radius 3 is 2.73 bits per heavy atom. The Kier molecular flexibility index (Phi) is 7.95. The second-order valence-electron chi connectivity index (χ2n) is 8.13. The molecule has 2 heterocycles. The summed E-state index contributed by atoms with van der Waals surface area (Å²) in [5, 5.41) is 7.70. The Bertz CT molecular complexity index is 558. The lowest BCUT2D eigenvalue weighted by atomic mass is 9.93.